The van der Waals surface area contributed by atoms with Gasteiger partial charge in [0.05, 0.1) is 28.5 Å². The first-order valence-corrected chi connectivity index (χ1v) is 42.4. The van der Waals surface area contributed by atoms with Gasteiger partial charge in [0.15, 0.2) is 0 Å². The van der Waals surface area contributed by atoms with E-state index in [0.29, 0.717) is 0 Å². The molecule has 7 heteroatoms. The van der Waals surface area contributed by atoms with Gasteiger partial charge in [-0.05, 0) is 184 Å². The number of rotatable bonds is 14. The van der Waals surface area contributed by atoms with Crippen LogP contribution in [0.2, 0.25) is 0 Å². The minimum absolute atomic E-state index is 0.0398. The van der Waals surface area contributed by atoms with Crippen molar-refractivity contribution in [2.24, 2.45) is 0 Å². The predicted molar refractivity (Wildman–Crippen MR) is 508 cm³/mol. The lowest BCUT2D eigenvalue weighted by Gasteiger charge is -2.37. The first-order chi connectivity index (χ1) is 58.9. The zero-order valence-corrected chi connectivity index (χ0v) is 68.0. The van der Waals surface area contributed by atoms with E-state index in [-0.39, 0.29) is 18.8 Å². The summed E-state index contributed by atoms with van der Waals surface area (Å²) in [5.74, 6) is 0. The van der Waals surface area contributed by atoms with Crippen LogP contribution < -0.4 is 37.7 Å². The molecule has 0 radical (unpaired) electrons. The standard InChI is InChI=1S/C113H83B2N5/c1-71-62-94-102-95(63-71)118-105(78-46-26-12-27-47-78)100(75-40-20-9-21-41-75)88-64-81(112(2,3)4)66-92(110(88)118)114(102)90-56-35-55-87-99(74-38-18-8-19-39-74)107(117(94)108(87)90)80-60-58-72(59-61-80)70-113(5,6)82-65-89-101(76-42-22-10-23-43-76)106(79-48-28-13-29-49-79)120-97-69-85(116(83-50-30-14-31-51-83)84-52-32-15-33-53-84)68-96-103(97)115(93(67-82)111(89)120)91-57-34-54-86-98(73-36-16-7-17-37-73)104(119(96)109(86)91)77-44-24-11-25-45-77/h7-69H,70H2,1-6H3. The Balaban J connectivity index is 0.724. The Morgan fingerprint density at radius 3 is 0.917 bits per heavy atom. The number of nitrogens with zero attached hydrogens (tertiary/aromatic N) is 5. The Kier molecular flexibility index (Phi) is 15.5. The van der Waals surface area contributed by atoms with Crippen molar-refractivity contribution >= 4 is 107 Å². The second-order valence-corrected chi connectivity index (χ2v) is 35.2. The fourth-order valence-corrected chi connectivity index (χ4v) is 21.6. The molecule has 0 spiro atoms. The Morgan fingerprint density at radius 1 is 0.258 bits per heavy atom. The van der Waals surface area contributed by atoms with Gasteiger partial charge in [0.25, 0.3) is 13.4 Å². The van der Waals surface area contributed by atoms with Crippen LogP contribution in [0.1, 0.15) is 56.9 Å². The molecule has 0 fully saturated rings. The summed E-state index contributed by atoms with van der Waals surface area (Å²) in [5.41, 5.74) is 44.9. The van der Waals surface area contributed by atoms with Gasteiger partial charge in [0, 0.05) is 100.0 Å². The molecular formula is C113H83B2N5. The van der Waals surface area contributed by atoms with E-state index in [1.165, 1.54) is 200 Å². The van der Waals surface area contributed by atoms with Gasteiger partial charge in [-0.15, -0.1) is 0 Å². The van der Waals surface area contributed by atoms with Crippen molar-refractivity contribution in [2.45, 2.75) is 58.8 Å². The van der Waals surface area contributed by atoms with E-state index in [1.807, 2.05) is 0 Å². The summed E-state index contributed by atoms with van der Waals surface area (Å²) in [4.78, 5) is 2.46. The number of aromatic nitrogens is 4. The highest BCUT2D eigenvalue weighted by Crippen LogP contribution is 2.53. The molecule has 8 heterocycles. The fraction of sp³-hybridized carbons (Fsp3) is 0.0796. The number of aryl methyl sites for hydroxylation is 1. The fourth-order valence-electron chi connectivity index (χ4n) is 21.6. The molecule has 0 saturated heterocycles. The van der Waals surface area contributed by atoms with Crippen LogP contribution in [0.15, 0.2) is 382 Å². The highest BCUT2D eigenvalue weighted by molar-refractivity contribution is 7.01. The Bertz CT molecular complexity index is 7530. The molecule has 0 N–H and O–H groups in total. The van der Waals surface area contributed by atoms with E-state index in [2.05, 4.69) is 447 Å². The molecule has 5 nitrogen and oxygen atoms in total. The maximum Gasteiger partial charge on any atom is 0.252 e. The summed E-state index contributed by atoms with van der Waals surface area (Å²) in [7, 11) is 0. The largest absolute Gasteiger partial charge is 0.310 e. The third-order valence-electron chi connectivity index (χ3n) is 26.6. The molecule has 4 aromatic heterocycles. The van der Waals surface area contributed by atoms with Gasteiger partial charge >= 0.3 is 0 Å². The minimum atomic E-state index is -0.392. The number of hydrogen-bond donors (Lipinski definition) is 0. The van der Waals surface area contributed by atoms with Crippen LogP contribution in [0.3, 0.4) is 0 Å². The lowest BCUT2D eigenvalue weighted by Crippen LogP contribution is -2.59. The number of fused-ring (bicyclic) bond motifs is 8. The van der Waals surface area contributed by atoms with Crippen LogP contribution in [-0.4, -0.2) is 31.7 Å². The van der Waals surface area contributed by atoms with Crippen molar-refractivity contribution in [1.29, 1.82) is 0 Å². The SMILES string of the molecule is Cc1cc2c3c(c1)-n1c(-c4ccccc4)c(-c4ccccc4)c4cc(C(C)(C)C)cc(c41)B3c1cccc3c(-c4ccccc4)c(-c4ccc(CC(C)(C)c5cc6c7c(c5)c(-c5ccccc5)c(-c5ccccc5)n7-c5cc(N(c7ccccc7)c7ccccc7)cc7c5B6c5cccc6c(-c8ccccc8)c(-c8ccccc8)n-7c56)cc4)n-2c13. The summed E-state index contributed by atoms with van der Waals surface area (Å²) in [6, 6.07) is 145. The molecule has 0 atom stereocenters. The quantitative estimate of drug-likeness (QED) is 0.0995. The monoisotopic (exact) mass is 1530 g/mol. The molecule has 0 amide bonds. The summed E-state index contributed by atoms with van der Waals surface area (Å²) in [6.45, 7) is 14.2. The molecular weight excluding hydrogens is 1450 g/mol. The summed E-state index contributed by atoms with van der Waals surface area (Å²) < 4.78 is 10.7. The van der Waals surface area contributed by atoms with Gasteiger partial charge in [0.1, 0.15) is 0 Å². The first kappa shape index (κ1) is 69.9. The van der Waals surface area contributed by atoms with Gasteiger partial charge in [0.2, 0.25) is 0 Å². The molecule has 120 heavy (non-hydrogen) atoms. The van der Waals surface area contributed by atoms with Gasteiger partial charge in [-0.1, -0.05) is 356 Å². The predicted octanol–water partition coefficient (Wildman–Crippen LogP) is 24.7. The zero-order chi connectivity index (χ0) is 80.0. The summed E-state index contributed by atoms with van der Waals surface area (Å²) >= 11 is 0. The molecule has 16 aromatic carbocycles. The third kappa shape index (κ3) is 10.4. The van der Waals surface area contributed by atoms with Crippen molar-refractivity contribution in [2.75, 3.05) is 4.90 Å². The van der Waals surface area contributed by atoms with Crippen molar-refractivity contribution in [3.8, 4) is 112 Å². The Labute approximate surface area is 700 Å². The van der Waals surface area contributed by atoms with Gasteiger partial charge in [-0.3, -0.25) is 0 Å². The summed E-state index contributed by atoms with van der Waals surface area (Å²) in [5, 5.41) is 5.04. The third-order valence-corrected chi connectivity index (χ3v) is 26.6. The van der Waals surface area contributed by atoms with E-state index in [0.717, 1.165) is 34.6 Å². The molecule has 4 aliphatic rings. The number of benzene rings is 16. The Hall–Kier alpha value is -14.4. The van der Waals surface area contributed by atoms with Crippen LogP contribution >= 0.6 is 0 Å². The van der Waals surface area contributed by atoms with E-state index >= 15 is 0 Å². The molecule has 566 valence electrons. The topological polar surface area (TPSA) is 23.0 Å². The van der Waals surface area contributed by atoms with Gasteiger partial charge < -0.3 is 23.2 Å². The number of para-hydroxylation sites is 4. The number of hydrogen-bond acceptors (Lipinski definition) is 1. The van der Waals surface area contributed by atoms with Crippen molar-refractivity contribution in [3.63, 3.8) is 0 Å². The summed E-state index contributed by atoms with van der Waals surface area (Å²) in [6.07, 6.45) is 0.789. The van der Waals surface area contributed by atoms with Crippen LogP contribution in [0.25, 0.3) is 156 Å². The Morgan fingerprint density at radius 2 is 0.558 bits per heavy atom. The van der Waals surface area contributed by atoms with Crippen LogP contribution in [-0.2, 0) is 17.3 Å². The van der Waals surface area contributed by atoms with Gasteiger partial charge in [-0.25, -0.2) is 0 Å². The normalized spacial score (nSPS) is 12.8. The maximum absolute atomic E-state index is 2.70. The van der Waals surface area contributed by atoms with Crippen molar-refractivity contribution in [1.82, 2.24) is 18.3 Å². The molecule has 20 aromatic rings. The average molecular weight is 1530 g/mol. The highest BCUT2D eigenvalue weighted by Gasteiger charge is 2.47. The van der Waals surface area contributed by atoms with E-state index < -0.39 is 5.41 Å². The van der Waals surface area contributed by atoms with Crippen LogP contribution in [0.4, 0.5) is 17.1 Å². The van der Waals surface area contributed by atoms with Crippen LogP contribution in [0.5, 0.6) is 0 Å². The smallest absolute Gasteiger partial charge is 0.252 e. The van der Waals surface area contributed by atoms with Gasteiger partial charge in [-0.2, -0.15) is 0 Å². The first-order valence-electron chi connectivity index (χ1n) is 42.4. The molecule has 0 unspecified atom stereocenters. The van der Waals surface area contributed by atoms with Crippen LogP contribution in [0, 0.1) is 6.92 Å². The molecule has 4 aliphatic heterocycles. The van der Waals surface area contributed by atoms with E-state index in [4.69, 9.17) is 0 Å². The second kappa shape index (κ2) is 26.6. The molecule has 24 rings (SSSR count). The molecule has 0 bridgehead atoms. The average Bonchev–Trinajstić information content (AvgIpc) is 1.49. The number of anilines is 3. The second-order valence-electron chi connectivity index (χ2n) is 35.2. The molecule has 0 saturated carbocycles. The maximum atomic E-state index is 2.70. The lowest BCUT2D eigenvalue weighted by molar-refractivity contribution is 0.523. The molecule has 0 aliphatic carbocycles. The van der Waals surface area contributed by atoms with E-state index in [1.54, 1.807) is 0 Å². The van der Waals surface area contributed by atoms with E-state index in [9.17, 15) is 0 Å². The van der Waals surface area contributed by atoms with Crippen molar-refractivity contribution in [3.05, 3.63) is 404 Å². The zero-order valence-electron chi connectivity index (χ0n) is 68.0. The van der Waals surface area contributed by atoms with Crippen molar-refractivity contribution < 1.29 is 0 Å². The minimum Gasteiger partial charge on any atom is -0.310 e. The highest BCUT2D eigenvalue weighted by atomic mass is 15.2. The lowest BCUT2D eigenvalue weighted by atomic mass is 9.34.